The van der Waals surface area contributed by atoms with Gasteiger partial charge in [0.15, 0.2) is 0 Å². The number of rotatable bonds is 3. The summed E-state index contributed by atoms with van der Waals surface area (Å²) in [6.07, 6.45) is 0. The topological polar surface area (TPSA) is 43.1 Å². The average Bonchev–Trinajstić information content (AvgIpc) is 2.82. The Morgan fingerprint density at radius 3 is 1.77 bits per heavy atom. The van der Waals surface area contributed by atoms with E-state index in [1.54, 1.807) is 6.07 Å². The third-order valence-corrected chi connectivity index (χ3v) is 6.07. The van der Waals surface area contributed by atoms with Gasteiger partial charge in [0, 0.05) is 6.07 Å². The van der Waals surface area contributed by atoms with E-state index in [9.17, 15) is 10.1 Å². The molecule has 0 amide bonds. The summed E-state index contributed by atoms with van der Waals surface area (Å²) in [5.74, 6) is 0. The molecule has 0 aliphatic carbocycles. The van der Waals surface area contributed by atoms with Gasteiger partial charge in [0.25, 0.3) is 5.69 Å². The fourth-order valence-corrected chi connectivity index (χ4v) is 4.65. The van der Waals surface area contributed by atoms with E-state index in [-0.39, 0.29) is 10.6 Å². The van der Waals surface area contributed by atoms with Gasteiger partial charge >= 0.3 is 0 Å². The van der Waals surface area contributed by atoms with Crippen LogP contribution in [0.3, 0.4) is 0 Å². The number of benzene rings is 6. The molecule has 3 nitrogen and oxygen atoms in total. The van der Waals surface area contributed by atoms with Gasteiger partial charge in [-0.05, 0) is 73.3 Å². The molecule has 0 bridgehead atoms. The molecular formula is C28H17NO2. The van der Waals surface area contributed by atoms with Crippen molar-refractivity contribution in [2.24, 2.45) is 0 Å². The lowest BCUT2D eigenvalue weighted by atomic mass is 9.90. The van der Waals surface area contributed by atoms with Crippen LogP contribution in [0.5, 0.6) is 0 Å². The highest BCUT2D eigenvalue weighted by Gasteiger charge is 2.18. The minimum atomic E-state index is -0.297. The molecule has 0 atom stereocenters. The highest BCUT2D eigenvalue weighted by molar-refractivity contribution is 6.23. The van der Waals surface area contributed by atoms with Gasteiger partial charge in [-0.25, -0.2) is 0 Å². The van der Waals surface area contributed by atoms with Gasteiger partial charge < -0.3 is 0 Å². The lowest BCUT2D eigenvalue weighted by molar-refractivity contribution is -0.384. The Morgan fingerprint density at radius 1 is 0.516 bits per heavy atom. The average molecular weight is 399 g/mol. The summed E-state index contributed by atoms with van der Waals surface area (Å²) in [5, 5.41) is 18.9. The van der Waals surface area contributed by atoms with E-state index in [0.717, 1.165) is 27.5 Å². The van der Waals surface area contributed by atoms with Gasteiger partial charge in [-0.3, -0.25) is 10.1 Å². The van der Waals surface area contributed by atoms with Gasteiger partial charge in [0.05, 0.1) is 10.5 Å². The van der Waals surface area contributed by atoms with Crippen LogP contribution < -0.4 is 0 Å². The third kappa shape index (κ3) is 2.75. The molecular weight excluding hydrogens is 382 g/mol. The maximum Gasteiger partial charge on any atom is 0.277 e. The van der Waals surface area contributed by atoms with Gasteiger partial charge in [-0.15, -0.1) is 0 Å². The predicted octanol–water partition coefficient (Wildman–Crippen LogP) is 7.83. The van der Waals surface area contributed by atoms with Crippen molar-refractivity contribution in [3.05, 3.63) is 113 Å². The van der Waals surface area contributed by atoms with Crippen molar-refractivity contribution in [2.75, 3.05) is 0 Å². The molecule has 0 aliphatic heterocycles. The van der Waals surface area contributed by atoms with Crippen LogP contribution in [0.4, 0.5) is 5.69 Å². The molecule has 0 fully saturated rings. The fraction of sp³-hybridized carbons (Fsp3) is 0. The van der Waals surface area contributed by atoms with Gasteiger partial charge in [-0.1, -0.05) is 72.8 Å². The summed E-state index contributed by atoms with van der Waals surface area (Å²) in [6.45, 7) is 0. The minimum Gasteiger partial charge on any atom is -0.258 e. The maximum absolute atomic E-state index is 11.8. The molecule has 0 aromatic heterocycles. The molecule has 0 spiro atoms. The van der Waals surface area contributed by atoms with Crippen molar-refractivity contribution in [1.29, 1.82) is 0 Å². The molecule has 0 radical (unpaired) electrons. The summed E-state index contributed by atoms with van der Waals surface area (Å²) in [5.41, 5.74) is 3.61. The Kier molecular flexibility index (Phi) is 3.77. The van der Waals surface area contributed by atoms with Crippen LogP contribution >= 0.6 is 0 Å². The van der Waals surface area contributed by atoms with Crippen molar-refractivity contribution < 1.29 is 4.92 Å². The molecule has 146 valence electrons. The molecule has 0 heterocycles. The summed E-state index contributed by atoms with van der Waals surface area (Å²) in [4.78, 5) is 11.5. The second kappa shape index (κ2) is 6.64. The highest BCUT2D eigenvalue weighted by atomic mass is 16.6. The molecule has 3 heteroatoms. The Morgan fingerprint density at radius 2 is 1.13 bits per heavy atom. The van der Waals surface area contributed by atoms with E-state index in [4.69, 9.17) is 0 Å². The first-order valence-corrected chi connectivity index (χ1v) is 10.2. The van der Waals surface area contributed by atoms with E-state index >= 15 is 0 Å². The number of nitrogens with zero attached hydrogens (tertiary/aromatic N) is 1. The zero-order valence-electron chi connectivity index (χ0n) is 16.6. The Balaban J connectivity index is 1.65. The predicted molar refractivity (Wildman–Crippen MR) is 128 cm³/mol. The first kappa shape index (κ1) is 17.6. The number of hydrogen-bond acceptors (Lipinski definition) is 2. The highest BCUT2D eigenvalue weighted by Crippen LogP contribution is 2.40. The summed E-state index contributed by atoms with van der Waals surface area (Å²) >= 11 is 0. The Labute approximate surface area is 178 Å². The van der Waals surface area contributed by atoms with Crippen LogP contribution in [0, 0.1) is 10.1 Å². The van der Waals surface area contributed by atoms with E-state index in [1.165, 1.54) is 21.5 Å². The molecule has 0 saturated carbocycles. The number of hydrogen-bond donors (Lipinski definition) is 0. The molecule has 0 saturated heterocycles. The zero-order chi connectivity index (χ0) is 20.9. The van der Waals surface area contributed by atoms with Crippen molar-refractivity contribution in [1.82, 2.24) is 0 Å². The van der Waals surface area contributed by atoms with Crippen LogP contribution in [-0.4, -0.2) is 4.92 Å². The van der Waals surface area contributed by atoms with Crippen molar-refractivity contribution in [3.63, 3.8) is 0 Å². The number of nitro groups is 1. The largest absolute Gasteiger partial charge is 0.277 e. The molecule has 6 aromatic rings. The van der Waals surface area contributed by atoms with E-state index in [2.05, 4.69) is 54.6 Å². The maximum atomic E-state index is 11.8. The lowest BCUT2D eigenvalue weighted by Gasteiger charge is -2.13. The smallest absolute Gasteiger partial charge is 0.258 e. The van der Waals surface area contributed by atoms with Crippen molar-refractivity contribution in [3.8, 4) is 22.3 Å². The van der Waals surface area contributed by atoms with Crippen LogP contribution in [0.15, 0.2) is 103 Å². The van der Waals surface area contributed by atoms with Gasteiger partial charge in [0.2, 0.25) is 0 Å². The van der Waals surface area contributed by atoms with Gasteiger partial charge in [-0.2, -0.15) is 0 Å². The molecule has 31 heavy (non-hydrogen) atoms. The summed E-state index contributed by atoms with van der Waals surface area (Å²) in [6, 6.07) is 34.3. The molecule has 6 aromatic carbocycles. The van der Waals surface area contributed by atoms with E-state index in [0.29, 0.717) is 5.56 Å². The van der Waals surface area contributed by atoms with Crippen LogP contribution in [-0.2, 0) is 0 Å². The zero-order valence-corrected chi connectivity index (χ0v) is 16.6. The first-order valence-electron chi connectivity index (χ1n) is 10.2. The summed E-state index contributed by atoms with van der Waals surface area (Å²) < 4.78 is 0. The molecule has 0 aliphatic rings. The first-order chi connectivity index (χ1) is 15.2. The van der Waals surface area contributed by atoms with Crippen molar-refractivity contribution in [2.45, 2.75) is 0 Å². The Bertz CT molecular complexity index is 1540. The van der Waals surface area contributed by atoms with E-state index in [1.807, 2.05) is 42.5 Å². The molecule has 0 unspecified atom stereocenters. The van der Waals surface area contributed by atoms with Crippen LogP contribution in [0.2, 0.25) is 0 Å². The van der Waals surface area contributed by atoms with Crippen LogP contribution in [0.25, 0.3) is 54.6 Å². The summed E-state index contributed by atoms with van der Waals surface area (Å²) in [7, 11) is 0. The second-order valence-corrected chi connectivity index (χ2v) is 7.86. The lowest BCUT2D eigenvalue weighted by Crippen LogP contribution is -1.93. The minimum absolute atomic E-state index is 0.118. The SMILES string of the molecule is O=[N+]([O-])c1ccc(-c2ccccc2)cc1-c1cc2ccc3cccc4ccc(c1)c2c34. The molecule has 6 rings (SSSR count). The van der Waals surface area contributed by atoms with Gasteiger partial charge in [0.1, 0.15) is 0 Å². The van der Waals surface area contributed by atoms with Crippen LogP contribution in [0.1, 0.15) is 0 Å². The number of nitro benzene ring substituents is 1. The Hall–Kier alpha value is -4.24. The van der Waals surface area contributed by atoms with Crippen molar-refractivity contribution >= 4 is 38.0 Å². The quantitative estimate of drug-likeness (QED) is 0.173. The molecule has 0 N–H and O–H groups in total. The third-order valence-electron chi connectivity index (χ3n) is 6.07. The fourth-order valence-electron chi connectivity index (χ4n) is 4.65. The van der Waals surface area contributed by atoms with E-state index < -0.39 is 0 Å². The second-order valence-electron chi connectivity index (χ2n) is 7.86. The monoisotopic (exact) mass is 399 g/mol. The standard InChI is InChI=1S/C28H17NO2/c30-29(31)26-14-13-21(18-5-2-1-3-6-18)17-25(26)24-15-22-11-9-19-7-4-8-20-10-12-23(16-24)28(22)27(19)20/h1-17H. The normalized spacial score (nSPS) is 11.5.